The summed E-state index contributed by atoms with van der Waals surface area (Å²) in [5.41, 5.74) is 2.00. The summed E-state index contributed by atoms with van der Waals surface area (Å²) in [5, 5.41) is 9.18. The molecular weight excluding hydrogens is 194 g/mol. The Labute approximate surface area is 88.6 Å². The molecule has 0 bridgehead atoms. The molecule has 0 radical (unpaired) electrons. The third kappa shape index (κ3) is 3.75. The van der Waals surface area contributed by atoms with Gasteiger partial charge in [-0.05, 0) is 26.3 Å². The first-order valence-corrected chi connectivity index (χ1v) is 5.53. The Morgan fingerprint density at radius 1 is 1.36 bits per heavy atom. The van der Waals surface area contributed by atoms with Gasteiger partial charge in [0.1, 0.15) is 0 Å². The van der Waals surface area contributed by atoms with Crippen molar-refractivity contribution in [3.8, 4) is 6.07 Å². The van der Waals surface area contributed by atoms with Crippen LogP contribution in [0, 0.1) is 25.2 Å². The van der Waals surface area contributed by atoms with E-state index in [1.54, 1.807) is 11.8 Å². The van der Waals surface area contributed by atoms with E-state index >= 15 is 0 Å². The first-order valence-electron chi connectivity index (χ1n) is 4.54. The average molecular weight is 207 g/mol. The second kappa shape index (κ2) is 5.61. The quantitative estimate of drug-likeness (QED) is 0.432. The van der Waals surface area contributed by atoms with E-state index in [0.29, 0.717) is 6.42 Å². The fraction of sp³-hybridized carbons (Fsp3) is 0.500. The minimum Gasteiger partial charge on any atom is -0.228 e. The fourth-order valence-corrected chi connectivity index (χ4v) is 1.96. The Morgan fingerprint density at radius 3 is 2.57 bits per heavy atom. The molecule has 14 heavy (non-hydrogen) atoms. The van der Waals surface area contributed by atoms with Crippen molar-refractivity contribution in [3.05, 3.63) is 17.5 Å². The molecule has 0 aliphatic carbocycles. The molecule has 0 saturated carbocycles. The minimum absolute atomic E-state index is 0.609. The lowest BCUT2D eigenvalue weighted by Crippen LogP contribution is -1.93. The summed E-state index contributed by atoms with van der Waals surface area (Å²) >= 11 is 1.62. The standard InChI is InChI=1S/C10H13N3S/c1-8-7-9(2)13-10(12-8)14-6-4-3-5-11/h7H,3-4,6H2,1-2H3. The van der Waals surface area contributed by atoms with Crippen molar-refractivity contribution in [3.63, 3.8) is 0 Å². The normalized spacial score (nSPS) is 9.79. The molecule has 1 aromatic heterocycles. The van der Waals surface area contributed by atoms with E-state index in [1.165, 1.54) is 0 Å². The Kier molecular flexibility index (Phi) is 4.41. The van der Waals surface area contributed by atoms with Gasteiger partial charge in [-0.25, -0.2) is 9.97 Å². The number of unbranched alkanes of at least 4 members (excludes halogenated alkanes) is 1. The molecule has 0 unspecified atom stereocenters. The number of thioether (sulfide) groups is 1. The molecule has 1 rings (SSSR count). The molecule has 74 valence electrons. The SMILES string of the molecule is Cc1cc(C)nc(SCCCC#N)n1. The lowest BCUT2D eigenvalue weighted by atomic mass is 10.4. The molecule has 0 atom stereocenters. The monoisotopic (exact) mass is 207 g/mol. The summed E-state index contributed by atoms with van der Waals surface area (Å²) < 4.78 is 0. The molecule has 0 saturated heterocycles. The van der Waals surface area contributed by atoms with Crippen LogP contribution in [0.4, 0.5) is 0 Å². The van der Waals surface area contributed by atoms with Crippen LogP contribution in [-0.2, 0) is 0 Å². The van der Waals surface area contributed by atoms with E-state index in [2.05, 4.69) is 16.0 Å². The van der Waals surface area contributed by atoms with Gasteiger partial charge in [0.25, 0.3) is 0 Å². The van der Waals surface area contributed by atoms with Gasteiger partial charge in [0.15, 0.2) is 5.16 Å². The van der Waals surface area contributed by atoms with Gasteiger partial charge < -0.3 is 0 Å². The lowest BCUT2D eigenvalue weighted by Gasteiger charge is -2.01. The van der Waals surface area contributed by atoms with Gasteiger partial charge in [-0.2, -0.15) is 5.26 Å². The highest BCUT2D eigenvalue weighted by atomic mass is 32.2. The zero-order valence-corrected chi connectivity index (χ0v) is 9.27. The summed E-state index contributed by atoms with van der Waals surface area (Å²) in [7, 11) is 0. The number of rotatable bonds is 4. The topological polar surface area (TPSA) is 49.6 Å². The van der Waals surface area contributed by atoms with Crippen LogP contribution in [0.3, 0.4) is 0 Å². The van der Waals surface area contributed by atoms with Crippen LogP contribution < -0.4 is 0 Å². The van der Waals surface area contributed by atoms with Gasteiger partial charge in [-0.3, -0.25) is 0 Å². The summed E-state index contributed by atoms with van der Waals surface area (Å²) in [6, 6.07) is 4.08. The lowest BCUT2D eigenvalue weighted by molar-refractivity contribution is 0.895. The summed E-state index contributed by atoms with van der Waals surface area (Å²) in [5.74, 6) is 0.913. The van der Waals surface area contributed by atoms with Crippen LogP contribution in [0.1, 0.15) is 24.2 Å². The predicted molar refractivity (Wildman–Crippen MR) is 57.1 cm³/mol. The van der Waals surface area contributed by atoms with Crippen molar-refractivity contribution in [1.82, 2.24) is 9.97 Å². The minimum atomic E-state index is 0.609. The van der Waals surface area contributed by atoms with E-state index in [1.807, 2.05) is 19.9 Å². The maximum Gasteiger partial charge on any atom is 0.187 e. The van der Waals surface area contributed by atoms with E-state index in [9.17, 15) is 0 Å². The van der Waals surface area contributed by atoms with Crippen molar-refractivity contribution in [1.29, 1.82) is 5.26 Å². The summed E-state index contributed by atoms with van der Waals surface area (Å²) in [6.07, 6.45) is 1.51. The zero-order valence-electron chi connectivity index (χ0n) is 8.45. The number of aromatic nitrogens is 2. The Balaban J connectivity index is 2.47. The number of hydrogen-bond donors (Lipinski definition) is 0. The van der Waals surface area contributed by atoms with Gasteiger partial charge in [0.2, 0.25) is 0 Å². The van der Waals surface area contributed by atoms with Gasteiger partial charge in [-0.15, -0.1) is 0 Å². The highest BCUT2D eigenvalue weighted by molar-refractivity contribution is 7.99. The van der Waals surface area contributed by atoms with Crippen molar-refractivity contribution in [2.75, 3.05) is 5.75 Å². The van der Waals surface area contributed by atoms with Crippen molar-refractivity contribution in [2.24, 2.45) is 0 Å². The molecule has 1 heterocycles. The molecule has 0 aromatic carbocycles. The summed E-state index contributed by atoms with van der Waals surface area (Å²) in [4.78, 5) is 8.60. The Bertz CT molecular complexity index is 323. The third-order valence-electron chi connectivity index (χ3n) is 1.63. The van der Waals surface area contributed by atoms with Crippen molar-refractivity contribution in [2.45, 2.75) is 31.8 Å². The van der Waals surface area contributed by atoms with E-state index in [-0.39, 0.29) is 0 Å². The average Bonchev–Trinajstić information content (AvgIpc) is 2.11. The molecule has 0 amide bonds. The third-order valence-corrected chi connectivity index (χ3v) is 2.56. The number of nitrogens with zero attached hydrogens (tertiary/aromatic N) is 3. The molecular formula is C10H13N3S. The van der Waals surface area contributed by atoms with Crippen LogP contribution in [0.25, 0.3) is 0 Å². The number of nitriles is 1. The molecule has 0 fully saturated rings. The Hall–Kier alpha value is -1.08. The predicted octanol–water partition coefficient (Wildman–Crippen LogP) is 2.49. The van der Waals surface area contributed by atoms with Gasteiger partial charge in [0, 0.05) is 23.6 Å². The van der Waals surface area contributed by atoms with Crippen molar-refractivity contribution >= 4 is 11.8 Å². The molecule has 1 aromatic rings. The van der Waals surface area contributed by atoms with Gasteiger partial charge in [-0.1, -0.05) is 11.8 Å². The molecule has 0 spiro atoms. The van der Waals surface area contributed by atoms with Crippen LogP contribution in [0.5, 0.6) is 0 Å². The second-order valence-corrected chi connectivity index (χ2v) is 4.11. The van der Waals surface area contributed by atoms with E-state index in [4.69, 9.17) is 5.26 Å². The molecule has 0 N–H and O–H groups in total. The fourth-order valence-electron chi connectivity index (χ4n) is 1.07. The number of hydrogen-bond acceptors (Lipinski definition) is 4. The molecule has 0 aliphatic rings. The summed E-state index contributed by atoms with van der Waals surface area (Å²) in [6.45, 7) is 3.93. The van der Waals surface area contributed by atoms with Gasteiger partial charge in [0.05, 0.1) is 6.07 Å². The molecule has 0 aliphatic heterocycles. The smallest absolute Gasteiger partial charge is 0.187 e. The first kappa shape index (κ1) is 11.0. The molecule has 4 heteroatoms. The maximum atomic E-state index is 8.36. The zero-order chi connectivity index (χ0) is 10.4. The van der Waals surface area contributed by atoms with Gasteiger partial charge >= 0.3 is 0 Å². The Morgan fingerprint density at radius 2 is 2.00 bits per heavy atom. The molecule has 3 nitrogen and oxygen atoms in total. The number of aryl methyl sites for hydroxylation is 2. The van der Waals surface area contributed by atoms with E-state index in [0.717, 1.165) is 28.7 Å². The van der Waals surface area contributed by atoms with Crippen LogP contribution in [0.2, 0.25) is 0 Å². The van der Waals surface area contributed by atoms with E-state index < -0.39 is 0 Å². The second-order valence-electron chi connectivity index (χ2n) is 3.04. The highest BCUT2D eigenvalue weighted by Gasteiger charge is 1.99. The first-order chi connectivity index (χ1) is 6.72. The highest BCUT2D eigenvalue weighted by Crippen LogP contribution is 2.15. The van der Waals surface area contributed by atoms with Crippen LogP contribution in [-0.4, -0.2) is 15.7 Å². The van der Waals surface area contributed by atoms with Crippen LogP contribution in [0.15, 0.2) is 11.2 Å². The van der Waals surface area contributed by atoms with Crippen molar-refractivity contribution < 1.29 is 0 Å². The maximum absolute atomic E-state index is 8.36. The largest absolute Gasteiger partial charge is 0.228 e. The van der Waals surface area contributed by atoms with Crippen LogP contribution >= 0.6 is 11.8 Å².